The molecule has 1 aromatic heterocycles. The number of amides is 2. The highest BCUT2D eigenvalue weighted by Crippen LogP contribution is 2.37. The summed E-state index contributed by atoms with van der Waals surface area (Å²) in [4.78, 5) is 47.5. The van der Waals surface area contributed by atoms with Crippen molar-refractivity contribution in [3.63, 3.8) is 0 Å². The number of carbonyl (C=O) groups excluding carboxylic acids is 2. The van der Waals surface area contributed by atoms with Crippen LogP contribution in [0.2, 0.25) is 0 Å². The van der Waals surface area contributed by atoms with Crippen LogP contribution >= 0.6 is 23.1 Å². The van der Waals surface area contributed by atoms with Gasteiger partial charge < -0.3 is 26.7 Å². The largest absolute Gasteiger partial charge is 0.477 e. The number of anilines is 1. The molecule has 6 N–H and O–H groups in total. The molecule has 0 aliphatic carbocycles. The Morgan fingerprint density at radius 1 is 1.30 bits per heavy atom. The third-order valence-electron chi connectivity index (χ3n) is 4.98. The zero-order valence-electron chi connectivity index (χ0n) is 17.1. The Hall–Kier alpha value is -3.42. The van der Waals surface area contributed by atoms with Crippen LogP contribution in [-0.2, 0) is 32.4 Å². The van der Waals surface area contributed by atoms with Crippen molar-refractivity contribution in [2.75, 3.05) is 11.5 Å². The summed E-state index contributed by atoms with van der Waals surface area (Å²) in [5, 5.41) is 17.2. The Kier molecular flexibility index (Phi) is 6.62. The standard InChI is InChI=1S/C20H20N6O5S2/c21-7-10-1-3-11(4-2-10)8-31-25-14(12-9-33-20(22)23-12)16(27)24-15-17(28)26-13(19(29)30)5-6-32-18(15)26/h1-5,9,15,18H,6-8,21H2,(H2,22,23)(H,24,27)(H,29,30)/t15?,18-/m1/s1. The summed E-state index contributed by atoms with van der Waals surface area (Å²) in [6.45, 7) is 0.526. The van der Waals surface area contributed by atoms with Gasteiger partial charge in [-0.05, 0) is 17.2 Å². The molecule has 1 aromatic carbocycles. The lowest BCUT2D eigenvalue weighted by molar-refractivity contribution is -0.150. The van der Waals surface area contributed by atoms with Crippen molar-refractivity contribution in [3.8, 4) is 0 Å². The van der Waals surface area contributed by atoms with Crippen molar-refractivity contribution in [3.05, 3.63) is 58.2 Å². The number of hydrogen-bond donors (Lipinski definition) is 4. The van der Waals surface area contributed by atoms with E-state index in [1.54, 1.807) is 5.38 Å². The number of fused-ring (bicyclic) bond motifs is 1. The normalized spacial score (nSPS) is 19.9. The van der Waals surface area contributed by atoms with Gasteiger partial charge in [0.2, 0.25) is 0 Å². The molecule has 172 valence electrons. The molecule has 1 fully saturated rings. The molecule has 2 aliphatic rings. The van der Waals surface area contributed by atoms with Gasteiger partial charge in [-0.1, -0.05) is 29.4 Å². The molecule has 2 aliphatic heterocycles. The molecule has 33 heavy (non-hydrogen) atoms. The number of carboxylic acid groups (broad SMARTS) is 1. The number of carboxylic acids is 1. The van der Waals surface area contributed by atoms with Crippen LogP contribution in [0.4, 0.5) is 5.13 Å². The van der Waals surface area contributed by atoms with E-state index in [2.05, 4.69) is 15.5 Å². The minimum Gasteiger partial charge on any atom is -0.477 e. The van der Waals surface area contributed by atoms with Crippen LogP contribution in [0.15, 0.2) is 46.6 Å². The first-order valence-corrected chi connectivity index (χ1v) is 11.7. The van der Waals surface area contributed by atoms with E-state index in [1.165, 1.54) is 22.7 Å². The minimum atomic E-state index is -1.19. The second-order valence-electron chi connectivity index (χ2n) is 7.08. The number of thiazole rings is 1. The predicted molar refractivity (Wildman–Crippen MR) is 123 cm³/mol. The summed E-state index contributed by atoms with van der Waals surface area (Å²) in [7, 11) is 0. The maximum atomic E-state index is 13.0. The number of carbonyl (C=O) groups is 3. The van der Waals surface area contributed by atoms with Gasteiger partial charge in [0.05, 0.1) is 0 Å². The van der Waals surface area contributed by atoms with Gasteiger partial charge in [0.1, 0.15) is 29.4 Å². The first kappa shape index (κ1) is 22.8. The smallest absolute Gasteiger partial charge is 0.352 e. The van der Waals surface area contributed by atoms with Crippen LogP contribution in [0.5, 0.6) is 0 Å². The number of thioether (sulfide) groups is 1. The fraction of sp³-hybridized carbons (Fsp3) is 0.250. The van der Waals surface area contributed by atoms with E-state index in [-0.39, 0.29) is 28.8 Å². The van der Waals surface area contributed by atoms with Crippen LogP contribution in [0, 0.1) is 0 Å². The second kappa shape index (κ2) is 9.60. The van der Waals surface area contributed by atoms with E-state index in [9.17, 15) is 19.5 Å². The number of aromatic nitrogens is 1. The van der Waals surface area contributed by atoms with Gasteiger partial charge in [0.25, 0.3) is 11.8 Å². The average molecular weight is 489 g/mol. The number of benzene rings is 1. The number of hydrogen-bond acceptors (Lipinski definition) is 10. The lowest BCUT2D eigenvalue weighted by atomic mass is 10.0. The molecule has 13 heteroatoms. The number of aliphatic carboxylic acids is 1. The zero-order valence-corrected chi connectivity index (χ0v) is 18.8. The van der Waals surface area contributed by atoms with Crippen molar-refractivity contribution in [2.24, 2.45) is 10.9 Å². The first-order chi connectivity index (χ1) is 15.9. The molecule has 2 atom stereocenters. The summed E-state index contributed by atoms with van der Waals surface area (Å²) in [5.41, 5.74) is 13.1. The Labute approximate surface area is 196 Å². The number of nitrogens with two attached hydrogens (primary N) is 2. The molecule has 0 bridgehead atoms. The summed E-state index contributed by atoms with van der Waals surface area (Å²) in [6, 6.07) is 6.52. The van der Waals surface area contributed by atoms with Crippen LogP contribution in [0.1, 0.15) is 16.8 Å². The van der Waals surface area contributed by atoms with Gasteiger partial charge in [-0.15, -0.1) is 23.1 Å². The lowest BCUT2D eigenvalue weighted by Crippen LogP contribution is -2.70. The summed E-state index contributed by atoms with van der Waals surface area (Å²) in [5.74, 6) is -1.96. The van der Waals surface area contributed by atoms with Gasteiger partial charge in [0.15, 0.2) is 10.8 Å². The third-order valence-corrected chi connectivity index (χ3v) is 6.83. The molecular formula is C20H20N6O5S2. The van der Waals surface area contributed by atoms with E-state index >= 15 is 0 Å². The summed E-state index contributed by atoms with van der Waals surface area (Å²) >= 11 is 2.49. The van der Waals surface area contributed by atoms with Gasteiger partial charge in [-0.25, -0.2) is 9.78 Å². The Morgan fingerprint density at radius 2 is 2.03 bits per heavy atom. The fourth-order valence-corrected chi connectivity index (χ4v) is 5.03. The topological polar surface area (TPSA) is 173 Å². The molecule has 4 rings (SSSR count). The zero-order chi connectivity index (χ0) is 23.5. The molecule has 1 unspecified atom stereocenters. The minimum absolute atomic E-state index is 0.0839. The Balaban J connectivity index is 1.47. The first-order valence-electron chi connectivity index (χ1n) is 9.77. The fourth-order valence-electron chi connectivity index (χ4n) is 3.29. The highest BCUT2D eigenvalue weighted by Gasteiger charge is 2.53. The van der Waals surface area contributed by atoms with Crippen molar-refractivity contribution in [1.29, 1.82) is 0 Å². The Morgan fingerprint density at radius 3 is 2.67 bits per heavy atom. The van der Waals surface area contributed by atoms with Crippen molar-refractivity contribution in [1.82, 2.24) is 15.2 Å². The number of oxime groups is 1. The monoisotopic (exact) mass is 488 g/mol. The van der Waals surface area contributed by atoms with Crippen LogP contribution in [0.25, 0.3) is 0 Å². The highest BCUT2D eigenvalue weighted by atomic mass is 32.2. The third kappa shape index (κ3) is 4.69. The van der Waals surface area contributed by atoms with Crippen molar-refractivity contribution >= 4 is 51.7 Å². The van der Waals surface area contributed by atoms with E-state index in [0.29, 0.717) is 12.3 Å². The summed E-state index contributed by atoms with van der Waals surface area (Å²) in [6.07, 6.45) is 1.47. The molecule has 2 aromatic rings. The van der Waals surface area contributed by atoms with Crippen molar-refractivity contribution < 1.29 is 24.3 Å². The molecule has 11 nitrogen and oxygen atoms in total. The maximum absolute atomic E-state index is 13.0. The van der Waals surface area contributed by atoms with E-state index in [1.807, 2.05) is 24.3 Å². The second-order valence-corrected chi connectivity index (χ2v) is 9.12. The molecule has 2 amide bonds. The number of β-lactam (4-membered cyclic amide) rings is 1. The maximum Gasteiger partial charge on any atom is 0.352 e. The number of nitrogen functional groups attached to an aromatic ring is 1. The van der Waals surface area contributed by atoms with Crippen LogP contribution in [-0.4, -0.2) is 55.7 Å². The van der Waals surface area contributed by atoms with Gasteiger partial charge in [-0.2, -0.15) is 0 Å². The molecular weight excluding hydrogens is 468 g/mol. The molecule has 0 saturated carbocycles. The molecule has 1 saturated heterocycles. The number of nitrogens with zero attached hydrogens (tertiary/aromatic N) is 3. The number of nitrogens with one attached hydrogen (secondary N) is 1. The lowest BCUT2D eigenvalue weighted by Gasteiger charge is -2.48. The van der Waals surface area contributed by atoms with Crippen molar-refractivity contribution in [2.45, 2.75) is 24.6 Å². The van der Waals surface area contributed by atoms with Crippen LogP contribution in [0.3, 0.4) is 0 Å². The van der Waals surface area contributed by atoms with E-state index in [0.717, 1.165) is 22.5 Å². The quantitative estimate of drug-likeness (QED) is 0.234. The number of rotatable bonds is 8. The molecule has 0 radical (unpaired) electrons. The van der Waals surface area contributed by atoms with Gasteiger partial charge in [0, 0.05) is 17.7 Å². The predicted octanol–water partition coefficient (Wildman–Crippen LogP) is 0.473. The van der Waals surface area contributed by atoms with Gasteiger partial charge in [-0.3, -0.25) is 14.5 Å². The molecule has 0 spiro atoms. The average Bonchev–Trinajstić information content (AvgIpc) is 3.25. The van der Waals surface area contributed by atoms with Crippen LogP contribution < -0.4 is 16.8 Å². The SMILES string of the molecule is NCc1ccc(CON=C(C(=O)NC2C(=O)N3C(C(=O)O)=CCS[C@H]23)c2csc(N)n2)cc1. The Bertz CT molecular complexity index is 1150. The van der Waals surface area contributed by atoms with E-state index < -0.39 is 29.2 Å². The van der Waals surface area contributed by atoms with Gasteiger partial charge >= 0.3 is 5.97 Å². The highest BCUT2D eigenvalue weighted by molar-refractivity contribution is 8.00. The van der Waals surface area contributed by atoms with E-state index in [4.69, 9.17) is 16.3 Å². The molecule has 3 heterocycles. The summed E-state index contributed by atoms with van der Waals surface area (Å²) < 4.78 is 0.